The van der Waals surface area contributed by atoms with Crippen molar-refractivity contribution in [3.8, 4) is 0 Å². The van der Waals surface area contributed by atoms with Crippen molar-refractivity contribution in [2.45, 2.75) is 33.7 Å². The topological polar surface area (TPSA) is 76.9 Å². The number of ketones is 1. The summed E-state index contributed by atoms with van der Waals surface area (Å²) in [6.45, 7) is 6.81. The number of carbonyl (C=O) groups is 2. The highest BCUT2D eigenvalue weighted by atomic mass is 16.2. The van der Waals surface area contributed by atoms with Crippen LogP contribution < -0.4 is 5.32 Å². The minimum absolute atomic E-state index is 0.162. The molecule has 1 aromatic carbocycles. The number of rotatable bonds is 4. The predicted molar refractivity (Wildman–Crippen MR) is 79.3 cm³/mol. The van der Waals surface area contributed by atoms with Gasteiger partial charge in [-0.05, 0) is 32.4 Å². The maximum absolute atomic E-state index is 12.3. The third-order valence-electron chi connectivity index (χ3n) is 3.41. The Bertz CT molecular complexity index is 691. The monoisotopic (exact) mass is 286 g/mol. The summed E-state index contributed by atoms with van der Waals surface area (Å²) in [7, 11) is 0. The number of Topliss-reactive ketones (excluding diaryl/α,β-unsaturated/α-hetero) is 1. The molecule has 110 valence electrons. The molecule has 6 nitrogen and oxygen atoms in total. The number of hydrogen-bond donors (Lipinski definition) is 1. The van der Waals surface area contributed by atoms with Gasteiger partial charge in [-0.15, -0.1) is 5.10 Å². The first-order valence-corrected chi connectivity index (χ1v) is 6.71. The lowest BCUT2D eigenvalue weighted by molar-refractivity contribution is -0.119. The summed E-state index contributed by atoms with van der Waals surface area (Å²) < 4.78 is 1.46. The van der Waals surface area contributed by atoms with Crippen molar-refractivity contribution in [1.82, 2.24) is 15.0 Å². The highest BCUT2D eigenvalue weighted by Gasteiger charge is 2.22. The number of nitrogens with zero attached hydrogens (tertiary/aromatic N) is 3. The summed E-state index contributed by atoms with van der Waals surface area (Å²) in [4.78, 5) is 23.7. The molecule has 0 aliphatic rings. The number of nitrogens with one attached hydrogen (secondary N) is 1. The molecule has 2 aromatic rings. The van der Waals surface area contributed by atoms with Crippen molar-refractivity contribution in [3.05, 3.63) is 41.2 Å². The van der Waals surface area contributed by atoms with Gasteiger partial charge in [0.1, 0.15) is 6.04 Å². The molecule has 0 spiro atoms. The Morgan fingerprint density at radius 1 is 1.24 bits per heavy atom. The highest BCUT2D eigenvalue weighted by molar-refractivity contribution is 5.95. The molecule has 1 amide bonds. The first kappa shape index (κ1) is 14.9. The Balaban J connectivity index is 2.20. The molecule has 6 heteroatoms. The van der Waals surface area contributed by atoms with Crippen LogP contribution in [0.4, 0.5) is 5.69 Å². The van der Waals surface area contributed by atoms with Crippen LogP contribution in [-0.2, 0) is 4.79 Å². The Morgan fingerprint density at radius 2 is 1.90 bits per heavy atom. The Morgan fingerprint density at radius 3 is 2.48 bits per heavy atom. The number of aromatic nitrogens is 3. The van der Waals surface area contributed by atoms with Gasteiger partial charge in [-0.1, -0.05) is 23.4 Å². The van der Waals surface area contributed by atoms with Gasteiger partial charge in [-0.3, -0.25) is 9.59 Å². The van der Waals surface area contributed by atoms with Crippen LogP contribution in [0.25, 0.3) is 0 Å². The van der Waals surface area contributed by atoms with Gasteiger partial charge < -0.3 is 5.32 Å². The van der Waals surface area contributed by atoms with E-state index in [0.717, 1.165) is 11.3 Å². The minimum atomic E-state index is -0.551. The van der Waals surface area contributed by atoms with E-state index in [2.05, 4.69) is 15.6 Å². The van der Waals surface area contributed by atoms with Crippen molar-refractivity contribution in [3.63, 3.8) is 0 Å². The fourth-order valence-corrected chi connectivity index (χ4v) is 2.10. The van der Waals surface area contributed by atoms with Gasteiger partial charge in [-0.2, -0.15) is 0 Å². The Labute approximate surface area is 123 Å². The first-order valence-electron chi connectivity index (χ1n) is 6.71. The zero-order valence-corrected chi connectivity index (χ0v) is 12.5. The number of hydrogen-bond acceptors (Lipinski definition) is 4. The molecule has 1 aromatic heterocycles. The van der Waals surface area contributed by atoms with E-state index < -0.39 is 6.04 Å². The van der Waals surface area contributed by atoms with Gasteiger partial charge in [0, 0.05) is 12.6 Å². The van der Waals surface area contributed by atoms with Crippen LogP contribution in [0.15, 0.2) is 24.3 Å². The number of amides is 1. The normalized spacial score (nSPS) is 12.0. The van der Waals surface area contributed by atoms with Gasteiger partial charge in [0.25, 0.3) is 0 Å². The SMILES string of the molecule is CC(=O)c1nnn(C(C)C(=O)Nc2ccccc2C)c1C. The van der Waals surface area contributed by atoms with Crippen molar-refractivity contribution in [2.24, 2.45) is 0 Å². The molecule has 0 fully saturated rings. The lowest BCUT2D eigenvalue weighted by Gasteiger charge is -2.14. The van der Waals surface area contributed by atoms with Crippen LogP contribution in [0.2, 0.25) is 0 Å². The third kappa shape index (κ3) is 2.99. The van der Waals surface area contributed by atoms with E-state index in [9.17, 15) is 9.59 Å². The number of anilines is 1. The third-order valence-corrected chi connectivity index (χ3v) is 3.41. The second-order valence-electron chi connectivity index (χ2n) is 5.00. The molecule has 0 aliphatic carbocycles. The molecular weight excluding hydrogens is 268 g/mol. The largest absolute Gasteiger partial charge is 0.324 e. The predicted octanol–water partition coefficient (Wildman–Crippen LogP) is 2.30. The molecule has 0 saturated carbocycles. The summed E-state index contributed by atoms with van der Waals surface area (Å²) in [5.74, 6) is -0.363. The zero-order valence-electron chi connectivity index (χ0n) is 12.5. The van der Waals surface area contributed by atoms with E-state index in [4.69, 9.17) is 0 Å². The number of benzene rings is 1. The standard InChI is InChI=1S/C15H18N4O2/c1-9-7-5-6-8-13(9)16-15(21)11(3)19-10(2)14(12(4)20)17-18-19/h5-8,11H,1-4H3,(H,16,21). The second kappa shape index (κ2) is 5.87. The molecule has 21 heavy (non-hydrogen) atoms. The van der Waals surface area contributed by atoms with Crippen LogP contribution in [0.5, 0.6) is 0 Å². The van der Waals surface area contributed by atoms with Crippen molar-refractivity contribution in [2.75, 3.05) is 5.32 Å². The van der Waals surface area contributed by atoms with Crippen molar-refractivity contribution in [1.29, 1.82) is 0 Å². The summed E-state index contributed by atoms with van der Waals surface area (Å²) >= 11 is 0. The van der Waals surface area contributed by atoms with Crippen LogP contribution >= 0.6 is 0 Å². The summed E-state index contributed by atoms with van der Waals surface area (Å²) in [5, 5.41) is 10.6. The second-order valence-corrected chi connectivity index (χ2v) is 5.00. The molecule has 0 radical (unpaired) electrons. The Hall–Kier alpha value is -2.50. The average Bonchev–Trinajstić information content (AvgIpc) is 2.82. The van der Waals surface area contributed by atoms with E-state index in [1.807, 2.05) is 31.2 Å². The van der Waals surface area contributed by atoms with E-state index in [-0.39, 0.29) is 11.7 Å². The van der Waals surface area contributed by atoms with E-state index in [1.165, 1.54) is 11.6 Å². The minimum Gasteiger partial charge on any atom is -0.324 e. The van der Waals surface area contributed by atoms with Crippen LogP contribution in [0.3, 0.4) is 0 Å². The summed E-state index contributed by atoms with van der Waals surface area (Å²) in [5.41, 5.74) is 2.64. The molecule has 2 rings (SSSR count). The van der Waals surface area contributed by atoms with Gasteiger partial charge in [0.2, 0.25) is 5.91 Å². The molecule has 1 unspecified atom stereocenters. The van der Waals surface area contributed by atoms with Gasteiger partial charge in [0.15, 0.2) is 11.5 Å². The summed E-state index contributed by atoms with van der Waals surface area (Å²) in [6, 6.07) is 6.99. The number of para-hydroxylation sites is 1. The molecule has 1 N–H and O–H groups in total. The lowest BCUT2D eigenvalue weighted by atomic mass is 10.2. The van der Waals surface area contributed by atoms with Crippen molar-refractivity contribution < 1.29 is 9.59 Å². The molecular formula is C15H18N4O2. The maximum atomic E-state index is 12.3. The molecule has 0 aliphatic heterocycles. The molecule has 0 bridgehead atoms. The van der Waals surface area contributed by atoms with Crippen LogP contribution in [0.1, 0.15) is 41.6 Å². The molecule has 0 saturated heterocycles. The zero-order chi connectivity index (χ0) is 15.6. The van der Waals surface area contributed by atoms with Gasteiger partial charge in [-0.25, -0.2) is 4.68 Å². The quantitative estimate of drug-likeness (QED) is 0.875. The fraction of sp³-hybridized carbons (Fsp3) is 0.333. The first-order chi connectivity index (χ1) is 9.91. The lowest BCUT2D eigenvalue weighted by Crippen LogP contribution is -2.25. The highest BCUT2D eigenvalue weighted by Crippen LogP contribution is 2.17. The van der Waals surface area contributed by atoms with Crippen LogP contribution in [-0.4, -0.2) is 26.7 Å². The summed E-state index contributed by atoms with van der Waals surface area (Å²) in [6.07, 6.45) is 0. The smallest absolute Gasteiger partial charge is 0.249 e. The Kier molecular flexibility index (Phi) is 4.16. The van der Waals surface area contributed by atoms with E-state index >= 15 is 0 Å². The fourth-order valence-electron chi connectivity index (χ4n) is 2.10. The van der Waals surface area contributed by atoms with E-state index in [0.29, 0.717) is 11.4 Å². The molecule has 1 heterocycles. The van der Waals surface area contributed by atoms with Crippen molar-refractivity contribution >= 4 is 17.4 Å². The van der Waals surface area contributed by atoms with Crippen LogP contribution in [0, 0.1) is 13.8 Å². The van der Waals surface area contributed by atoms with E-state index in [1.54, 1.807) is 13.8 Å². The molecule has 1 atom stereocenters. The van der Waals surface area contributed by atoms with Gasteiger partial charge in [0.05, 0.1) is 5.69 Å². The number of carbonyl (C=O) groups excluding carboxylic acids is 2. The van der Waals surface area contributed by atoms with Gasteiger partial charge >= 0.3 is 0 Å². The maximum Gasteiger partial charge on any atom is 0.249 e. The number of aryl methyl sites for hydroxylation is 1. The average molecular weight is 286 g/mol.